The van der Waals surface area contributed by atoms with Gasteiger partial charge in [0.05, 0.1) is 11.5 Å². The first-order valence-corrected chi connectivity index (χ1v) is 8.28. The number of hydrogen-bond acceptors (Lipinski definition) is 5. The number of benzene rings is 1. The van der Waals surface area contributed by atoms with Gasteiger partial charge in [0, 0.05) is 5.02 Å². The Bertz CT molecular complexity index is 645. The van der Waals surface area contributed by atoms with E-state index in [0.29, 0.717) is 20.9 Å². The predicted octanol–water partition coefficient (Wildman–Crippen LogP) is 3.49. The fourth-order valence-corrected chi connectivity index (χ4v) is 3.20. The maximum atomic E-state index is 12.3. The maximum Gasteiger partial charge on any atom is 0.326 e. The van der Waals surface area contributed by atoms with Crippen molar-refractivity contribution < 1.29 is 14.3 Å². The van der Waals surface area contributed by atoms with Gasteiger partial charge in [-0.1, -0.05) is 60.7 Å². The van der Waals surface area contributed by atoms with E-state index in [1.165, 1.54) is 4.90 Å². The van der Waals surface area contributed by atoms with Gasteiger partial charge in [-0.05, 0) is 24.1 Å². The molecule has 0 radical (unpaired) electrons. The molecule has 7 heteroatoms. The highest BCUT2D eigenvalue weighted by Gasteiger charge is 2.33. The summed E-state index contributed by atoms with van der Waals surface area (Å²) in [6.07, 6.45) is 2.41. The van der Waals surface area contributed by atoms with Crippen LogP contribution in [0.2, 0.25) is 5.02 Å². The number of thiocarbonyl (C=S) groups is 1. The molecule has 0 bridgehead atoms. The highest BCUT2D eigenvalue weighted by Crippen LogP contribution is 2.33. The molecular formula is C15H14ClNO3S2. The first kappa shape index (κ1) is 17.0. The molecule has 0 saturated carbocycles. The van der Waals surface area contributed by atoms with Crippen molar-refractivity contribution in [3.05, 3.63) is 39.8 Å². The second kappa shape index (κ2) is 7.76. The van der Waals surface area contributed by atoms with Crippen molar-refractivity contribution in [2.24, 2.45) is 0 Å². The highest BCUT2D eigenvalue weighted by molar-refractivity contribution is 8.26. The molecular weight excluding hydrogens is 342 g/mol. The molecule has 1 aromatic rings. The van der Waals surface area contributed by atoms with E-state index in [4.69, 9.17) is 28.6 Å². The second-order valence-electron chi connectivity index (χ2n) is 4.51. The van der Waals surface area contributed by atoms with Crippen molar-refractivity contribution in [1.82, 2.24) is 4.90 Å². The lowest BCUT2D eigenvalue weighted by molar-refractivity contribution is -0.146. The minimum absolute atomic E-state index is 0.162. The third-order valence-electron chi connectivity index (χ3n) is 2.82. The average molecular weight is 356 g/mol. The van der Waals surface area contributed by atoms with Gasteiger partial charge >= 0.3 is 5.97 Å². The lowest BCUT2D eigenvalue weighted by atomic mass is 10.2. The van der Waals surface area contributed by atoms with Crippen LogP contribution < -0.4 is 0 Å². The SMILES string of the molecule is CCCOC(=O)CN1C(=O)/C(=C/c2ccccc2Cl)SC1=S. The molecule has 0 aromatic heterocycles. The molecule has 0 unspecified atom stereocenters. The van der Waals surface area contributed by atoms with Crippen molar-refractivity contribution in [2.75, 3.05) is 13.2 Å². The van der Waals surface area contributed by atoms with Crippen LogP contribution in [0.3, 0.4) is 0 Å². The van der Waals surface area contributed by atoms with E-state index in [0.717, 1.165) is 23.7 Å². The topological polar surface area (TPSA) is 46.6 Å². The summed E-state index contributed by atoms with van der Waals surface area (Å²) in [5.41, 5.74) is 0.734. The van der Waals surface area contributed by atoms with Gasteiger partial charge in [-0.3, -0.25) is 14.5 Å². The largest absolute Gasteiger partial charge is 0.464 e. The first-order valence-electron chi connectivity index (χ1n) is 6.68. The van der Waals surface area contributed by atoms with Crippen LogP contribution in [0.25, 0.3) is 6.08 Å². The van der Waals surface area contributed by atoms with Gasteiger partial charge < -0.3 is 4.74 Å². The molecule has 1 aliphatic rings. The van der Waals surface area contributed by atoms with Crippen LogP contribution in [0.15, 0.2) is 29.2 Å². The molecule has 1 amide bonds. The highest BCUT2D eigenvalue weighted by atomic mass is 35.5. The van der Waals surface area contributed by atoms with Crippen LogP contribution >= 0.6 is 35.6 Å². The molecule has 0 spiro atoms. The monoisotopic (exact) mass is 355 g/mol. The third kappa shape index (κ3) is 4.09. The van der Waals surface area contributed by atoms with Gasteiger partial charge in [0.25, 0.3) is 5.91 Å². The van der Waals surface area contributed by atoms with Crippen molar-refractivity contribution in [2.45, 2.75) is 13.3 Å². The predicted molar refractivity (Wildman–Crippen MR) is 92.6 cm³/mol. The van der Waals surface area contributed by atoms with E-state index >= 15 is 0 Å². The van der Waals surface area contributed by atoms with Crippen LogP contribution in [-0.4, -0.2) is 34.2 Å². The number of halogens is 1. The average Bonchev–Trinajstić information content (AvgIpc) is 2.75. The van der Waals surface area contributed by atoms with E-state index in [1.54, 1.807) is 12.1 Å². The number of rotatable bonds is 5. The zero-order chi connectivity index (χ0) is 16.1. The molecule has 0 atom stereocenters. The van der Waals surface area contributed by atoms with E-state index in [1.807, 2.05) is 25.1 Å². The summed E-state index contributed by atoms with van der Waals surface area (Å²) in [5.74, 6) is -0.763. The summed E-state index contributed by atoms with van der Waals surface area (Å²) in [6.45, 7) is 2.08. The van der Waals surface area contributed by atoms with Gasteiger partial charge in [-0.25, -0.2) is 0 Å². The van der Waals surface area contributed by atoms with E-state index in [9.17, 15) is 9.59 Å². The number of esters is 1. The Morgan fingerprint density at radius 1 is 1.45 bits per heavy atom. The smallest absolute Gasteiger partial charge is 0.326 e. The number of thioether (sulfide) groups is 1. The molecule has 1 aromatic carbocycles. The summed E-state index contributed by atoms with van der Waals surface area (Å²) >= 11 is 12.4. The minimum atomic E-state index is -0.461. The third-order valence-corrected chi connectivity index (χ3v) is 4.54. The van der Waals surface area contributed by atoms with Gasteiger partial charge in [-0.2, -0.15) is 0 Å². The second-order valence-corrected chi connectivity index (χ2v) is 6.59. The van der Waals surface area contributed by atoms with Crippen LogP contribution in [0.1, 0.15) is 18.9 Å². The quantitative estimate of drug-likeness (QED) is 0.459. The van der Waals surface area contributed by atoms with E-state index in [-0.39, 0.29) is 12.5 Å². The Labute approximate surface area is 143 Å². The van der Waals surface area contributed by atoms with Crippen LogP contribution in [-0.2, 0) is 14.3 Å². The van der Waals surface area contributed by atoms with Gasteiger partial charge in [0.1, 0.15) is 10.9 Å². The fourth-order valence-electron chi connectivity index (χ4n) is 1.76. The number of carbonyl (C=O) groups excluding carboxylic acids is 2. The zero-order valence-corrected chi connectivity index (χ0v) is 14.3. The molecule has 0 N–H and O–H groups in total. The molecule has 1 heterocycles. The van der Waals surface area contributed by atoms with Crippen molar-refractivity contribution in [3.8, 4) is 0 Å². The van der Waals surface area contributed by atoms with Crippen molar-refractivity contribution >= 4 is 57.9 Å². The molecule has 2 rings (SSSR count). The Kier molecular flexibility index (Phi) is 5.99. The summed E-state index contributed by atoms with van der Waals surface area (Å²) in [5, 5.41) is 0.551. The molecule has 1 fully saturated rings. The Hall–Kier alpha value is -1.37. The Balaban J connectivity index is 2.12. The summed E-state index contributed by atoms with van der Waals surface area (Å²) in [7, 11) is 0. The van der Waals surface area contributed by atoms with Crippen LogP contribution in [0, 0.1) is 0 Å². The van der Waals surface area contributed by atoms with Crippen LogP contribution in [0.4, 0.5) is 0 Å². The maximum absolute atomic E-state index is 12.3. The lowest BCUT2D eigenvalue weighted by Crippen LogP contribution is -2.34. The molecule has 116 valence electrons. The van der Waals surface area contributed by atoms with Gasteiger partial charge in [-0.15, -0.1) is 0 Å². The normalized spacial score (nSPS) is 16.5. The number of hydrogen-bond donors (Lipinski definition) is 0. The molecule has 0 aliphatic carbocycles. The Morgan fingerprint density at radius 2 is 2.18 bits per heavy atom. The number of carbonyl (C=O) groups is 2. The summed E-state index contributed by atoms with van der Waals surface area (Å²) in [4.78, 5) is 25.7. The molecule has 4 nitrogen and oxygen atoms in total. The molecule has 1 aliphatic heterocycles. The Morgan fingerprint density at radius 3 is 2.86 bits per heavy atom. The summed E-state index contributed by atoms with van der Waals surface area (Å²) < 4.78 is 5.32. The zero-order valence-electron chi connectivity index (χ0n) is 11.9. The van der Waals surface area contributed by atoms with Crippen molar-refractivity contribution in [1.29, 1.82) is 0 Å². The van der Waals surface area contributed by atoms with E-state index in [2.05, 4.69) is 0 Å². The fraction of sp³-hybridized carbons (Fsp3) is 0.267. The van der Waals surface area contributed by atoms with Crippen LogP contribution in [0.5, 0.6) is 0 Å². The molecule has 22 heavy (non-hydrogen) atoms. The van der Waals surface area contributed by atoms with Gasteiger partial charge in [0.15, 0.2) is 0 Å². The number of amides is 1. The lowest BCUT2D eigenvalue weighted by Gasteiger charge is -2.13. The molecule has 1 saturated heterocycles. The minimum Gasteiger partial charge on any atom is -0.464 e. The van der Waals surface area contributed by atoms with Crippen molar-refractivity contribution in [3.63, 3.8) is 0 Å². The number of ether oxygens (including phenoxy) is 1. The summed E-state index contributed by atoms with van der Waals surface area (Å²) in [6, 6.07) is 7.20. The van der Waals surface area contributed by atoms with E-state index < -0.39 is 5.97 Å². The van der Waals surface area contributed by atoms with Gasteiger partial charge in [0.2, 0.25) is 0 Å². The number of nitrogens with zero attached hydrogens (tertiary/aromatic N) is 1. The first-order chi connectivity index (χ1) is 10.5. The standard InChI is InChI=1S/C15H14ClNO3S2/c1-2-7-20-13(18)9-17-14(19)12(22-15(17)21)8-10-5-3-4-6-11(10)16/h3-6,8H,2,7,9H2,1H3/b12-8-.